The lowest BCUT2D eigenvalue weighted by Gasteiger charge is -2.19. The van der Waals surface area contributed by atoms with Gasteiger partial charge in [0.1, 0.15) is 0 Å². The summed E-state index contributed by atoms with van der Waals surface area (Å²) in [5, 5.41) is 0. The molecule has 0 saturated heterocycles. The Morgan fingerprint density at radius 1 is 1.55 bits per heavy atom. The Hall–Kier alpha value is 0.140. The maximum absolute atomic E-state index is 5.64. The van der Waals surface area contributed by atoms with Crippen molar-refractivity contribution in [3.63, 3.8) is 0 Å². The van der Waals surface area contributed by atoms with Crippen LogP contribution in [0, 0.1) is 0 Å². The zero-order valence-corrected chi connectivity index (χ0v) is 9.13. The smallest absolute Gasteiger partial charge is 0.0701 e. The Kier molecular flexibility index (Phi) is 2.73. The molecule has 1 nitrogen and oxygen atoms in total. The number of nitrogens with two attached hydrogens (primary N) is 1. The molecular formula is C8H12BrNS. The summed E-state index contributed by atoms with van der Waals surface area (Å²) >= 11 is 5.19. The summed E-state index contributed by atoms with van der Waals surface area (Å²) in [5.41, 5.74) is 5.76. The molecular weight excluding hydrogens is 222 g/mol. The monoisotopic (exact) mass is 233 g/mol. The third-order valence-electron chi connectivity index (χ3n) is 1.75. The summed E-state index contributed by atoms with van der Waals surface area (Å²) in [6.07, 6.45) is 0. The SMILES string of the molecule is CC(C)(CN)c1ccc(Br)s1. The third kappa shape index (κ3) is 2.04. The minimum Gasteiger partial charge on any atom is -0.330 e. The Labute approximate surface area is 79.7 Å². The minimum atomic E-state index is 0.122. The van der Waals surface area contributed by atoms with Gasteiger partial charge in [-0.05, 0) is 28.1 Å². The molecule has 0 aliphatic rings. The van der Waals surface area contributed by atoms with Crippen LogP contribution in [-0.4, -0.2) is 6.54 Å². The maximum atomic E-state index is 5.64. The van der Waals surface area contributed by atoms with E-state index in [0.29, 0.717) is 6.54 Å². The van der Waals surface area contributed by atoms with Crippen LogP contribution in [0.1, 0.15) is 18.7 Å². The standard InChI is InChI=1S/C8H12BrNS/c1-8(2,5-10)6-3-4-7(9)11-6/h3-4H,5,10H2,1-2H3. The van der Waals surface area contributed by atoms with Crippen LogP contribution < -0.4 is 5.73 Å². The highest BCUT2D eigenvalue weighted by atomic mass is 79.9. The average molecular weight is 234 g/mol. The average Bonchev–Trinajstić information content (AvgIpc) is 2.36. The molecule has 11 heavy (non-hydrogen) atoms. The molecule has 2 N–H and O–H groups in total. The second-order valence-electron chi connectivity index (χ2n) is 3.19. The second-order valence-corrected chi connectivity index (χ2v) is 5.65. The largest absolute Gasteiger partial charge is 0.330 e. The second kappa shape index (κ2) is 3.25. The first-order valence-corrected chi connectivity index (χ1v) is 5.13. The van der Waals surface area contributed by atoms with Gasteiger partial charge in [0.25, 0.3) is 0 Å². The van der Waals surface area contributed by atoms with Crippen LogP contribution in [0.3, 0.4) is 0 Å². The summed E-state index contributed by atoms with van der Waals surface area (Å²) in [4.78, 5) is 1.34. The lowest BCUT2D eigenvalue weighted by Crippen LogP contribution is -2.26. The molecule has 0 atom stereocenters. The molecule has 0 spiro atoms. The molecule has 0 unspecified atom stereocenters. The number of halogens is 1. The van der Waals surface area contributed by atoms with Gasteiger partial charge in [-0.25, -0.2) is 0 Å². The lowest BCUT2D eigenvalue weighted by atomic mass is 9.92. The van der Waals surface area contributed by atoms with Crippen molar-refractivity contribution in [3.8, 4) is 0 Å². The molecule has 0 saturated carbocycles. The zero-order chi connectivity index (χ0) is 8.48. The van der Waals surface area contributed by atoms with Crippen LogP contribution in [0.15, 0.2) is 15.9 Å². The van der Waals surface area contributed by atoms with Gasteiger partial charge in [0.15, 0.2) is 0 Å². The van der Waals surface area contributed by atoms with Gasteiger partial charge in [-0.15, -0.1) is 11.3 Å². The normalized spacial score (nSPS) is 12.0. The van der Waals surface area contributed by atoms with Crippen LogP contribution >= 0.6 is 27.3 Å². The van der Waals surface area contributed by atoms with E-state index in [2.05, 4.69) is 41.9 Å². The molecule has 0 amide bonds. The summed E-state index contributed by atoms with van der Waals surface area (Å²) in [7, 11) is 0. The fourth-order valence-electron chi connectivity index (χ4n) is 0.779. The van der Waals surface area contributed by atoms with Gasteiger partial charge >= 0.3 is 0 Å². The molecule has 1 aromatic rings. The lowest BCUT2D eigenvalue weighted by molar-refractivity contribution is 0.550. The Balaban J connectivity index is 2.92. The highest BCUT2D eigenvalue weighted by Gasteiger charge is 2.19. The fourth-order valence-corrected chi connectivity index (χ4v) is 2.28. The van der Waals surface area contributed by atoms with Gasteiger partial charge < -0.3 is 5.73 Å². The van der Waals surface area contributed by atoms with Crippen molar-refractivity contribution in [2.75, 3.05) is 6.54 Å². The maximum Gasteiger partial charge on any atom is 0.0701 e. The van der Waals surface area contributed by atoms with Gasteiger partial charge in [0.2, 0.25) is 0 Å². The van der Waals surface area contributed by atoms with E-state index in [9.17, 15) is 0 Å². The van der Waals surface area contributed by atoms with Crippen molar-refractivity contribution in [1.82, 2.24) is 0 Å². The molecule has 1 rings (SSSR count). The van der Waals surface area contributed by atoms with Crippen molar-refractivity contribution in [2.24, 2.45) is 5.73 Å². The molecule has 3 heteroatoms. The summed E-state index contributed by atoms with van der Waals surface area (Å²) in [6.45, 7) is 5.01. The van der Waals surface area contributed by atoms with E-state index in [1.54, 1.807) is 11.3 Å². The molecule has 0 aromatic carbocycles. The first kappa shape index (κ1) is 9.23. The van der Waals surface area contributed by atoms with Crippen molar-refractivity contribution in [1.29, 1.82) is 0 Å². The van der Waals surface area contributed by atoms with Gasteiger partial charge in [-0.2, -0.15) is 0 Å². The van der Waals surface area contributed by atoms with Crippen molar-refractivity contribution < 1.29 is 0 Å². The number of hydrogen-bond donors (Lipinski definition) is 1. The van der Waals surface area contributed by atoms with E-state index in [-0.39, 0.29) is 5.41 Å². The number of thiophene rings is 1. The van der Waals surface area contributed by atoms with Gasteiger partial charge in [-0.1, -0.05) is 13.8 Å². The molecule has 0 fully saturated rings. The molecule has 0 aliphatic carbocycles. The number of rotatable bonds is 2. The topological polar surface area (TPSA) is 26.0 Å². The van der Waals surface area contributed by atoms with Crippen LogP contribution in [0.2, 0.25) is 0 Å². The fraction of sp³-hybridized carbons (Fsp3) is 0.500. The van der Waals surface area contributed by atoms with Crippen molar-refractivity contribution in [3.05, 3.63) is 20.8 Å². The highest BCUT2D eigenvalue weighted by Crippen LogP contribution is 2.31. The molecule has 1 aromatic heterocycles. The van der Waals surface area contributed by atoms with E-state index in [0.717, 1.165) is 0 Å². The van der Waals surface area contributed by atoms with Gasteiger partial charge in [0, 0.05) is 16.8 Å². The Morgan fingerprint density at radius 2 is 2.18 bits per heavy atom. The summed E-state index contributed by atoms with van der Waals surface area (Å²) < 4.78 is 1.18. The van der Waals surface area contributed by atoms with Crippen LogP contribution in [0.4, 0.5) is 0 Å². The van der Waals surface area contributed by atoms with Crippen LogP contribution in [0.25, 0.3) is 0 Å². The molecule has 0 radical (unpaired) electrons. The van der Waals surface area contributed by atoms with E-state index in [1.165, 1.54) is 8.66 Å². The number of hydrogen-bond acceptors (Lipinski definition) is 2. The minimum absolute atomic E-state index is 0.122. The first-order valence-electron chi connectivity index (χ1n) is 3.52. The van der Waals surface area contributed by atoms with E-state index in [4.69, 9.17) is 5.73 Å². The van der Waals surface area contributed by atoms with E-state index >= 15 is 0 Å². The van der Waals surface area contributed by atoms with Gasteiger partial charge in [0.05, 0.1) is 3.79 Å². The van der Waals surface area contributed by atoms with Crippen LogP contribution in [0.5, 0.6) is 0 Å². The van der Waals surface area contributed by atoms with E-state index in [1.807, 2.05) is 0 Å². The van der Waals surface area contributed by atoms with Crippen LogP contribution in [-0.2, 0) is 5.41 Å². The summed E-state index contributed by atoms with van der Waals surface area (Å²) in [5.74, 6) is 0. The zero-order valence-electron chi connectivity index (χ0n) is 6.73. The quantitative estimate of drug-likeness (QED) is 0.836. The Morgan fingerprint density at radius 3 is 2.55 bits per heavy atom. The Bertz CT molecular complexity index is 242. The third-order valence-corrected chi connectivity index (χ3v) is 3.74. The predicted molar refractivity (Wildman–Crippen MR) is 54.1 cm³/mol. The highest BCUT2D eigenvalue weighted by molar-refractivity contribution is 9.11. The molecule has 0 bridgehead atoms. The predicted octanol–water partition coefficient (Wildman–Crippen LogP) is 2.75. The molecule has 62 valence electrons. The van der Waals surface area contributed by atoms with Crippen molar-refractivity contribution >= 4 is 27.3 Å². The first-order chi connectivity index (χ1) is 5.06. The molecule has 1 heterocycles. The molecule has 0 aliphatic heterocycles. The van der Waals surface area contributed by atoms with Gasteiger partial charge in [-0.3, -0.25) is 0 Å². The van der Waals surface area contributed by atoms with Crippen molar-refractivity contribution in [2.45, 2.75) is 19.3 Å². The summed E-state index contributed by atoms with van der Waals surface area (Å²) in [6, 6.07) is 4.19. The van der Waals surface area contributed by atoms with E-state index < -0.39 is 0 Å².